The van der Waals surface area contributed by atoms with Crippen LogP contribution in [0.4, 0.5) is 17.6 Å². The first kappa shape index (κ1) is 18.7. The maximum absolute atomic E-state index is 13.6. The van der Waals surface area contributed by atoms with E-state index in [1.165, 1.54) is 23.2 Å². The summed E-state index contributed by atoms with van der Waals surface area (Å²) in [4.78, 5) is 17.1. The number of hydrogen-bond acceptors (Lipinski definition) is 3. The van der Waals surface area contributed by atoms with Crippen molar-refractivity contribution in [2.24, 2.45) is 0 Å². The normalized spacial score (nSPS) is 12.0. The lowest BCUT2D eigenvalue weighted by Gasteiger charge is -2.23. The van der Waals surface area contributed by atoms with E-state index in [2.05, 4.69) is 4.98 Å². The number of benzene rings is 1. The largest absolute Gasteiger partial charge is 0.439 e. The molecule has 1 aromatic heterocycles. The molecule has 0 unspecified atom stereocenters. The highest BCUT2D eigenvalue weighted by Gasteiger charge is 2.53. The predicted molar refractivity (Wildman–Crippen MR) is 83.3 cm³/mol. The van der Waals surface area contributed by atoms with Gasteiger partial charge in [-0.3, -0.25) is 4.79 Å². The molecule has 0 aliphatic rings. The average molecular weight is 356 g/mol. The number of hydrogen-bond donors (Lipinski definition) is 0. The van der Waals surface area contributed by atoms with E-state index in [0.29, 0.717) is 5.56 Å². The van der Waals surface area contributed by atoms with Crippen molar-refractivity contribution in [2.75, 3.05) is 14.1 Å². The van der Waals surface area contributed by atoms with E-state index in [0.717, 1.165) is 24.3 Å². The number of rotatable bonds is 5. The summed E-state index contributed by atoms with van der Waals surface area (Å²) in [6, 6.07) is 6.99. The summed E-state index contributed by atoms with van der Waals surface area (Å²) in [5, 5.41) is 0. The van der Waals surface area contributed by atoms with Gasteiger partial charge < -0.3 is 9.64 Å². The molecule has 134 valence electrons. The number of carbonyl (C=O) groups excluding carboxylic acids is 1. The van der Waals surface area contributed by atoms with Gasteiger partial charge in [0.2, 0.25) is 5.88 Å². The Hall–Kier alpha value is -2.64. The van der Waals surface area contributed by atoms with Gasteiger partial charge in [0.15, 0.2) is 0 Å². The lowest BCUT2D eigenvalue weighted by Crippen LogP contribution is -2.34. The maximum Gasteiger partial charge on any atom is 0.335 e. The minimum Gasteiger partial charge on any atom is -0.439 e. The molecule has 0 spiro atoms. The number of halogens is 4. The molecule has 0 aliphatic heterocycles. The van der Waals surface area contributed by atoms with E-state index in [-0.39, 0.29) is 24.5 Å². The second kappa shape index (κ2) is 6.70. The Morgan fingerprint density at radius 1 is 1.04 bits per heavy atom. The van der Waals surface area contributed by atoms with Crippen molar-refractivity contribution < 1.29 is 27.1 Å². The van der Waals surface area contributed by atoms with Crippen molar-refractivity contribution in [2.45, 2.75) is 18.8 Å². The fraction of sp³-hybridized carbons (Fsp3) is 0.294. The zero-order chi connectivity index (χ0) is 18.8. The molecule has 0 aliphatic carbocycles. The molecule has 0 saturated carbocycles. The Bertz CT molecular complexity index is 739. The highest BCUT2D eigenvalue weighted by atomic mass is 19.3. The average Bonchev–Trinajstić information content (AvgIpc) is 2.54. The molecule has 8 heteroatoms. The van der Waals surface area contributed by atoms with Crippen LogP contribution in [0.3, 0.4) is 0 Å². The van der Waals surface area contributed by atoms with Crippen LogP contribution in [0.25, 0.3) is 0 Å². The van der Waals surface area contributed by atoms with Crippen LogP contribution in [0.1, 0.15) is 22.8 Å². The fourth-order valence-corrected chi connectivity index (χ4v) is 1.93. The number of amides is 1. The molecule has 1 aromatic carbocycles. The van der Waals surface area contributed by atoms with Crippen LogP contribution in [0.5, 0.6) is 11.6 Å². The molecule has 0 saturated heterocycles. The molecule has 0 atom stereocenters. The number of aromatic nitrogens is 1. The summed E-state index contributed by atoms with van der Waals surface area (Å²) in [6.07, 6.45) is 1.32. The number of alkyl halides is 4. The summed E-state index contributed by atoms with van der Waals surface area (Å²) in [5.41, 5.74) is -0.454. The maximum atomic E-state index is 13.6. The summed E-state index contributed by atoms with van der Waals surface area (Å²) in [5.74, 6) is -8.40. The first-order valence-electron chi connectivity index (χ1n) is 7.24. The van der Waals surface area contributed by atoms with Gasteiger partial charge in [0.05, 0.1) is 5.56 Å². The van der Waals surface area contributed by atoms with Gasteiger partial charge in [0.1, 0.15) is 5.75 Å². The van der Waals surface area contributed by atoms with Gasteiger partial charge in [-0.15, -0.1) is 0 Å². The molecule has 2 rings (SSSR count). The molecule has 25 heavy (non-hydrogen) atoms. The van der Waals surface area contributed by atoms with Crippen molar-refractivity contribution >= 4 is 5.91 Å². The Morgan fingerprint density at radius 2 is 1.64 bits per heavy atom. The molecule has 2 aromatic rings. The fourth-order valence-electron chi connectivity index (χ4n) is 1.93. The number of ether oxygens (including phenoxy) is 1. The molecule has 0 N–H and O–H groups in total. The molecule has 4 nitrogen and oxygen atoms in total. The van der Waals surface area contributed by atoms with Crippen molar-refractivity contribution in [3.05, 3.63) is 53.7 Å². The lowest BCUT2D eigenvalue weighted by molar-refractivity contribution is -0.204. The standard InChI is InChI=1S/C17H16F4N2O2/c1-16(18,19)17(20,21)12-5-7-13(8-6-12)25-14-9-4-11(10-22-14)15(24)23(2)3/h4-10H,1-3H3. The number of carbonyl (C=O) groups is 1. The molecule has 0 bridgehead atoms. The van der Waals surface area contributed by atoms with E-state index >= 15 is 0 Å². The second-order valence-corrected chi connectivity index (χ2v) is 5.67. The zero-order valence-electron chi connectivity index (χ0n) is 13.8. The Morgan fingerprint density at radius 3 is 2.08 bits per heavy atom. The topological polar surface area (TPSA) is 42.4 Å². The van der Waals surface area contributed by atoms with Gasteiger partial charge in [0, 0.05) is 38.8 Å². The van der Waals surface area contributed by atoms with E-state index in [1.807, 2.05) is 0 Å². The Labute approximate surface area is 142 Å². The van der Waals surface area contributed by atoms with Crippen LogP contribution in [0.2, 0.25) is 0 Å². The monoisotopic (exact) mass is 356 g/mol. The van der Waals surface area contributed by atoms with Crippen molar-refractivity contribution in [1.29, 1.82) is 0 Å². The molecule has 0 fully saturated rings. The smallest absolute Gasteiger partial charge is 0.335 e. The second-order valence-electron chi connectivity index (χ2n) is 5.67. The van der Waals surface area contributed by atoms with Crippen LogP contribution in [0.15, 0.2) is 42.6 Å². The minimum atomic E-state index is -4.28. The van der Waals surface area contributed by atoms with E-state index < -0.39 is 17.4 Å². The van der Waals surface area contributed by atoms with E-state index in [4.69, 9.17) is 4.74 Å². The van der Waals surface area contributed by atoms with Crippen LogP contribution in [-0.4, -0.2) is 35.8 Å². The predicted octanol–water partition coefficient (Wildman–Crippen LogP) is 4.32. The van der Waals surface area contributed by atoms with E-state index in [9.17, 15) is 22.4 Å². The highest BCUT2D eigenvalue weighted by Crippen LogP contribution is 2.42. The number of pyridine rings is 1. The van der Waals surface area contributed by atoms with Gasteiger partial charge in [0.25, 0.3) is 5.91 Å². The molecule has 1 amide bonds. The Kier molecular flexibility index (Phi) is 5.01. The van der Waals surface area contributed by atoms with Gasteiger partial charge >= 0.3 is 11.8 Å². The van der Waals surface area contributed by atoms with Crippen LogP contribution in [0, 0.1) is 0 Å². The van der Waals surface area contributed by atoms with Crippen molar-refractivity contribution in [3.63, 3.8) is 0 Å². The molecular formula is C17H16F4N2O2. The zero-order valence-corrected chi connectivity index (χ0v) is 13.8. The molecule has 1 heterocycles. The van der Waals surface area contributed by atoms with Gasteiger partial charge in [-0.2, -0.15) is 17.6 Å². The highest BCUT2D eigenvalue weighted by molar-refractivity contribution is 5.93. The third-order valence-corrected chi connectivity index (χ3v) is 3.38. The summed E-state index contributed by atoms with van der Waals surface area (Å²) in [6.45, 7) is 0.165. The van der Waals surface area contributed by atoms with Gasteiger partial charge in [-0.25, -0.2) is 4.98 Å². The number of nitrogens with zero attached hydrogens (tertiary/aromatic N) is 2. The van der Waals surface area contributed by atoms with Crippen LogP contribution < -0.4 is 4.74 Å². The third kappa shape index (κ3) is 4.07. The van der Waals surface area contributed by atoms with E-state index in [1.54, 1.807) is 14.1 Å². The minimum absolute atomic E-state index is 0.135. The Balaban J connectivity index is 2.13. The lowest BCUT2D eigenvalue weighted by atomic mass is 10.0. The summed E-state index contributed by atoms with van der Waals surface area (Å²) in [7, 11) is 3.20. The van der Waals surface area contributed by atoms with Crippen LogP contribution in [-0.2, 0) is 5.92 Å². The first-order chi connectivity index (χ1) is 11.5. The van der Waals surface area contributed by atoms with Crippen molar-refractivity contribution in [3.8, 4) is 11.6 Å². The van der Waals surface area contributed by atoms with Crippen LogP contribution >= 0.6 is 0 Å². The third-order valence-electron chi connectivity index (χ3n) is 3.38. The molecular weight excluding hydrogens is 340 g/mol. The summed E-state index contributed by atoms with van der Waals surface area (Å²) < 4.78 is 58.4. The van der Waals surface area contributed by atoms with Gasteiger partial charge in [-0.05, 0) is 30.3 Å². The van der Waals surface area contributed by atoms with Crippen molar-refractivity contribution in [1.82, 2.24) is 9.88 Å². The SMILES string of the molecule is CN(C)C(=O)c1ccc(Oc2ccc(C(F)(F)C(C)(F)F)cc2)nc1. The molecule has 0 radical (unpaired) electrons. The first-order valence-corrected chi connectivity index (χ1v) is 7.24. The quantitative estimate of drug-likeness (QED) is 0.749. The van der Waals surface area contributed by atoms with Gasteiger partial charge in [-0.1, -0.05) is 0 Å². The summed E-state index contributed by atoms with van der Waals surface area (Å²) >= 11 is 0.